The zero-order valence-corrected chi connectivity index (χ0v) is 20.2. The van der Waals surface area contributed by atoms with E-state index >= 15 is 0 Å². The van der Waals surface area contributed by atoms with Crippen molar-refractivity contribution in [3.63, 3.8) is 0 Å². The lowest BCUT2D eigenvalue weighted by Crippen LogP contribution is -2.72. The fourth-order valence-electron chi connectivity index (χ4n) is 5.92. The van der Waals surface area contributed by atoms with E-state index in [1.54, 1.807) is 5.19 Å². The molecule has 0 N–H and O–H groups in total. The largest absolute Gasteiger partial charge is 0.181 e. The first-order valence-electron chi connectivity index (χ1n) is 11.5. The zero-order chi connectivity index (χ0) is 22.0. The molecule has 0 aliphatic carbocycles. The van der Waals surface area contributed by atoms with Crippen LogP contribution in [0.2, 0.25) is 0 Å². The summed E-state index contributed by atoms with van der Waals surface area (Å²) < 4.78 is 2.77. The van der Waals surface area contributed by atoms with E-state index in [0.717, 1.165) is 0 Å². The Morgan fingerprint density at radius 1 is 0.576 bits per heavy atom. The van der Waals surface area contributed by atoms with Gasteiger partial charge in [-0.15, -0.1) is 11.3 Å². The van der Waals surface area contributed by atoms with Gasteiger partial charge in [0.15, 0.2) is 8.07 Å². The molecule has 0 nitrogen and oxygen atoms in total. The van der Waals surface area contributed by atoms with Crippen molar-refractivity contribution < 1.29 is 0 Å². The van der Waals surface area contributed by atoms with Crippen molar-refractivity contribution in [1.29, 1.82) is 0 Å². The normalized spacial score (nSPS) is 13.8. The summed E-state index contributed by atoms with van der Waals surface area (Å²) in [6.45, 7) is 2.21. The van der Waals surface area contributed by atoms with Crippen molar-refractivity contribution in [2.24, 2.45) is 0 Å². The van der Waals surface area contributed by atoms with E-state index in [1.807, 2.05) is 11.3 Å². The van der Waals surface area contributed by atoms with Crippen LogP contribution in [0.1, 0.15) is 5.56 Å². The van der Waals surface area contributed by atoms with Crippen LogP contribution in [-0.4, -0.2) is 8.07 Å². The third kappa shape index (κ3) is 2.51. The zero-order valence-electron chi connectivity index (χ0n) is 18.4. The molecule has 0 radical (unpaired) electrons. The van der Waals surface area contributed by atoms with Crippen LogP contribution >= 0.6 is 11.3 Å². The van der Waals surface area contributed by atoms with Gasteiger partial charge in [-0.2, -0.15) is 0 Å². The third-order valence-electron chi connectivity index (χ3n) is 7.20. The molecule has 0 saturated carbocycles. The second kappa shape index (κ2) is 7.02. The van der Waals surface area contributed by atoms with Gasteiger partial charge in [0.25, 0.3) is 0 Å². The molecule has 6 aromatic rings. The first-order valence-corrected chi connectivity index (χ1v) is 14.3. The van der Waals surface area contributed by atoms with Gasteiger partial charge >= 0.3 is 0 Å². The lowest BCUT2D eigenvalue weighted by atomic mass is 10.0. The number of hydrogen-bond donors (Lipinski definition) is 0. The monoisotopic (exact) mass is 454 g/mol. The number of thiophene rings is 1. The van der Waals surface area contributed by atoms with E-state index < -0.39 is 8.07 Å². The Bertz CT molecular complexity index is 1620. The van der Waals surface area contributed by atoms with Crippen LogP contribution in [0.3, 0.4) is 0 Å². The first kappa shape index (κ1) is 19.0. The fourth-order valence-corrected chi connectivity index (χ4v) is 12.5. The van der Waals surface area contributed by atoms with Gasteiger partial charge in [-0.25, -0.2) is 0 Å². The van der Waals surface area contributed by atoms with Gasteiger partial charge < -0.3 is 0 Å². The summed E-state index contributed by atoms with van der Waals surface area (Å²) in [4.78, 5) is 0. The molecule has 5 aromatic carbocycles. The van der Waals surface area contributed by atoms with E-state index in [-0.39, 0.29) is 0 Å². The van der Waals surface area contributed by atoms with Gasteiger partial charge in [0.05, 0.1) is 0 Å². The topological polar surface area (TPSA) is 0 Å². The van der Waals surface area contributed by atoms with Gasteiger partial charge in [0.2, 0.25) is 0 Å². The van der Waals surface area contributed by atoms with Crippen molar-refractivity contribution in [2.75, 3.05) is 0 Å². The molecule has 33 heavy (non-hydrogen) atoms. The maximum Gasteiger partial charge on any atom is 0.181 e. The molecule has 7 rings (SSSR count). The standard InChI is InChI=1S/C31H22SSi/c1-21-16-18-27-26(20-21)30-28(32-27)19-17-25-24-14-8-9-15-29(24)33(31(25)30,22-10-4-2-5-11-22)23-12-6-3-7-13-23/h2-20H,1H3. The van der Waals surface area contributed by atoms with Crippen LogP contribution in [0, 0.1) is 6.92 Å². The highest BCUT2D eigenvalue weighted by atomic mass is 32.1. The highest BCUT2D eigenvalue weighted by Crippen LogP contribution is 2.39. The maximum absolute atomic E-state index is 2.48. The maximum atomic E-state index is 2.40. The summed E-state index contributed by atoms with van der Waals surface area (Å²) in [6, 6.07) is 43.4. The van der Waals surface area contributed by atoms with Gasteiger partial charge in [-0.3, -0.25) is 0 Å². The quantitative estimate of drug-likeness (QED) is 0.293. The summed E-state index contributed by atoms with van der Waals surface area (Å²) in [5.41, 5.74) is 4.14. The Hall–Kier alpha value is -3.46. The Balaban J connectivity index is 1.77. The Morgan fingerprint density at radius 3 is 1.94 bits per heavy atom. The van der Waals surface area contributed by atoms with Crippen molar-refractivity contribution >= 4 is 60.3 Å². The molecular weight excluding hydrogens is 432 g/mol. The van der Waals surface area contributed by atoms with Gasteiger partial charge in [-0.05, 0) is 57.0 Å². The van der Waals surface area contributed by atoms with Gasteiger partial charge in [0, 0.05) is 20.2 Å². The van der Waals surface area contributed by atoms with Crippen LogP contribution in [0.5, 0.6) is 0 Å². The second-order valence-electron chi connectivity index (χ2n) is 8.99. The molecule has 1 aliphatic heterocycles. The number of aryl methyl sites for hydroxylation is 1. The van der Waals surface area contributed by atoms with E-state index in [1.165, 1.54) is 52.4 Å². The highest BCUT2D eigenvalue weighted by Gasteiger charge is 2.49. The van der Waals surface area contributed by atoms with Crippen molar-refractivity contribution in [3.8, 4) is 11.1 Å². The lowest BCUT2D eigenvalue weighted by Gasteiger charge is -2.32. The molecule has 0 bridgehead atoms. The molecule has 156 valence electrons. The first-order chi connectivity index (χ1) is 16.3. The second-order valence-corrected chi connectivity index (χ2v) is 13.8. The van der Waals surface area contributed by atoms with Crippen LogP contribution in [0.15, 0.2) is 115 Å². The van der Waals surface area contributed by atoms with Crippen molar-refractivity contribution in [3.05, 3.63) is 121 Å². The Labute approximate surface area is 198 Å². The van der Waals surface area contributed by atoms with E-state index in [4.69, 9.17) is 0 Å². The van der Waals surface area contributed by atoms with Gasteiger partial charge in [-0.1, -0.05) is 103 Å². The summed E-state index contributed by atoms with van der Waals surface area (Å²) in [5, 5.41) is 8.87. The summed E-state index contributed by atoms with van der Waals surface area (Å²) in [5.74, 6) is 0. The van der Waals surface area contributed by atoms with E-state index in [2.05, 4.69) is 122 Å². The minimum atomic E-state index is -2.48. The predicted octanol–water partition coefficient (Wildman–Crippen LogP) is 5.72. The molecule has 2 heteroatoms. The number of benzene rings is 5. The van der Waals surface area contributed by atoms with Crippen LogP contribution in [0.25, 0.3) is 31.3 Å². The summed E-state index contributed by atoms with van der Waals surface area (Å²) in [7, 11) is -2.48. The lowest BCUT2D eigenvalue weighted by molar-refractivity contribution is 1.52. The molecule has 0 saturated heterocycles. The predicted molar refractivity (Wildman–Crippen MR) is 147 cm³/mol. The van der Waals surface area contributed by atoms with E-state index in [9.17, 15) is 0 Å². The summed E-state index contributed by atoms with van der Waals surface area (Å²) >= 11 is 1.93. The van der Waals surface area contributed by atoms with Crippen molar-refractivity contribution in [1.82, 2.24) is 0 Å². The van der Waals surface area contributed by atoms with E-state index in [0.29, 0.717) is 0 Å². The highest BCUT2D eigenvalue weighted by molar-refractivity contribution is 7.28. The van der Waals surface area contributed by atoms with Crippen LogP contribution in [0.4, 0.5) is 0 Å². The molecule has 0 spiro atoms. The molecular formula is C31H22SSi. The molecule has 0 atom stereocenters. The molecule has 0 amide bonds. The molecule has 0 fully saturated rings. The van der Waals surface area contributed by atoms with Crippen molar-refractivity contribution in [2.45, 2.75) is 6.92 Å². The molecule has 1 aromatic heterocycles. The summed E-state index contributed by atoms with van der Waals surface area (Å²) in [6.07, 6.45) is 0. The third-order valence-corrected chi connectivity index (χ3v) is 13.2. The van der Waals surface area contributed by atoms with Gasteiger partial charge in [0.1, 0.15) is 0 Å². The average Bonchev–Trinajstić information content (AvgIpc) is 3.38. The Kier molecular flexibility index (Phi) is 4.05. The fraction of sp³-hybridized carbons (Fsp3) is 0.0323. The minimum absolute atomic E-state index is 1.32. The SMILES string of the molecule is Cc1ccc2sc3ccc4c(c3c2c1)[Si](c1ccccc1)(c1ccccc1)c1ccccc1-4. The van der Waals surface area contributed by atoms with Crippen LogP contribution < -0.4 is 20.7 Å². The number of rotatable bonds is 2. The number of fused-ring (bicyclic) bond motifs is 7. The molecule has 1 aliphatic rings. The smallest absolute Gasteiger partial charge is 0.135 e. The molecule has 0 unspecified atom stereocenters. The Morgan fingerprint density at radius 2 is 1.21 bits per heavy atom. The average molecular weight is 455 g/mol. The van der Waals surface area contributed by atoms with Crippen LogP contribution in [-0.2, 0) is 0 Å². The minimum Gasteiger partial charge on any atom is -0.135 e. The molecule has 2 heterocycles. The number of hydrogen-bond acceptors (Lipinski definition) is 1.